The van der Waals surface area contributed by atoms with Gasteiger partial charge in [0.25, 0.3) is 0 Å². The molecule has 0 aliphatic carbocycles. The summed E-state index contributed by atoms with van der Waals surface area (Å²) >= 11 is 0. The lowest BCUT2D eigenvalue weighted by atomic mass is 10.0. The van der Waals surface area contributed by atoms with E-state index in [0.29, 0.717) is 110 Å². The number of hydrogen-bond acceptors (Lipinski definition) is 12. The van der Waals surface area contributed by atoms with Crippen molar-refractivity contribution >= 4 is 45.7 Å². The molecule has 0 saturated carbocycles. The number of oxime groups is 2. The second-order valence-corrected chi connectivity index (χ2v) is 7.74. The molecule has 1 rings (SSSR count). The molecule has 2 N–H and O–H groups in total. The van der Waals surface area contributed by atoms with Crippen LogP contribution in [-0.4, -0.2) is 82.3 Å². The van der Waals surface area contributed by atoms with Gasteiger partial charge in [0.15, 0.2) is 0 Å². The average molecular weight is 475 g/mol. The van der Waals surface area contributed by atoms with Gasteiger partial charge in [-0.25, -0.2) is 0 Å². The molecule has 0 fully saturated rings. The molecule has 0 aromatic carbocycles. The molecular formula is C22H34N8O4-2. The maximum atomic E-state index is 11.1. The molecule has 1 aliphatic rings. The standard InChI is InChI=1S/C22H36N8O4/c1-15(27-31)19-7-8-20(16(2)28-32)24-13-6-14-26-22(18(4)30-34)10-9-21(17(3)29-33)25-12-5-11-23-19/h31-34H,5-14H2,1-4H3/p-2/b23-19?,24-20?,25-21?,26-22?,27-15+,28-16+,29-17+,30-18+. The zero-order valence-electron chi connectivity index (χ0n) is 20.4. The maximum Gasteiger partial charge on any atom is 0.0974 e. The summed E-state index contributed by atoms with van der Waals surface area (Å²) < 4.78 is 0. The minimum absolute atomic E-state index is 0.303. The Bertz CT molecular complexity index is 768. The van der Waals surface area contributed by atoms with Crippen molar-refractivity contribution in [3.05, 3.63) is 10.4 Å². The summed E-state index contributed by atoms with van der Waals surface area (Å²) in [7, 11) is 0. The second-order valence-electron chi connectivity index (χ2n) is 7.74. The van der Waals surface area contributed by atoms with Gasteiger partial charge in [-0.05, 0) is 66.2 Å². The number of rotatable bonds is 4. The van der Waals surface area contributed by atoms with Gasteiger partial charge in [0.05, 0.1) is 34.3 Å². The molecule has 1 aliphatic heterocycles. The summed E-state index contributed by atoms with van der Waals surface area (Å²) in [5.74, 6) is 0. The Hall–Kier alpha value is -3.44. The summed E-state index contributed by atoms with van der Waals surface area (Å²) in [6.07, 6.45) is 2.94. The molecule has 1 heterocycles. The van der Waals surface area contributed by atoms with Crippen LogP contribution in [0.4, 0.5) is 0 Å². The lowest BCUT2D eigenvalue weighted by molar-refractivity contribution is 0.319. The van der Waals surface area contributed by atoms with Gasteiger partial charge in [-0.1, -0.05) is 10.3 Å². The summed E-state index contributed by atoms with van der Waals surface area (Å²) in [5, 5.41) is 53.2. The van der Waals surface area contributed by atoms with Gasteiger partial charge in [-0.2, -0.15) is 0 Å². The highest BCUT2D eigenvalue weighted by Gasteiger charge is 2.11. The molecule has 0 radical (unpaired) electrons. The van der Waals surface area contributed by atoms with Crippen LogP contribution in [0.2, 0.25) is 0 Å². The molecule has 0 spiro atoms. The Labute approximate surface area is 200 Å². The largest absolute Gasteiger partial charge is 0.792 e. The SMILES string of the molecule is C/C(=N\[O-])C1=NCCCN=C(/C(C)=N/O)CCC(/C(C)=N/[O-])=NCCCN=C(/C(C)=N/O)CC1. The van der Waals surface area contributed by atoms with Crippen LogP contribution in [0.25, 0.3) is 0 Å². The molecule has 0 aromatic heterocycles. The summed E-state index contributed by atoms with van der Waals surface area (Å²) in [4.78, 5) is 18.1. The normalized spacial score (nSPS) is 19.9. The third kappa shape index (κ3) is 10.0. The van der Waals surface area contributed by atoms with Crippen LogP contribution in [0.5, 0.6) is 0 Å². The fourth-order valence-corrected chi connectivity index (χ4v) is 3.19. The van der Waals surface area contributed by atoms with E-state index in [4.69, 9.17) is 0 Å². The van der Waals surface area contributed by atoms with Crippen LogP contribution in [0.1, 0.15) is 66.2 Å². The topological polar surface area (TPSA) is 185 Å². The third-order valence-electron chi connectivity index (χ3n) is 5.28. The van der Waals surface area contributed by atoms with Gasteiger partial charge in [0.2, 0.25) is 0 Å². The molecule has 0 aromatic rings. The van der Waals surface area contributed by atoms with Gasteiger partial charge >= 0.3 is 0 Å². The molecule has 0 atom stereocenters. The third-order valence-corrected chi connectivity index (χ3v) is 5.28. The minimum Gasteiger partial charge on any atom is -0.792 e. The lowest BCUT2D eigenvalue weighted by Gasteiger charge is -2.12. The Morgan fingerprint density at radius 1 is 0.559 bits per heavy atom. The molecule has 0 unspecified atom stereocenters. The van der Waals surface area contributed by atoms with Gasteiger partial charge < -0.3 is 31.1 Å². The van der Waals surface area contributed by atoms with Crippen LogP contribution < -0.4 is 0 Å². The lowest BCUT2D eigenvalue weighted by Crippen LogP contribution is -2.19. The molecule has 0 amide bonds. The molecule has 34 heavy (non-hydrogen) atoms. The van der Waals surface area contributed by atoms with Crippen LogP contribution in [0.15, 0.2) is 40.6 Å². The average Bonchev–Trinajstić information content (AvgIpc) is 2.86. The summed E-state index contributed by atoms with van der Waals surface area (Å²) in [6, 6.07) is 0. The first-order valence-electron chi connectivity index (χ1n) is 11.2. The first-order chi connectivity index (χ1) is 16.4. The van der Waals surface area contributed by atoms with Crippen molar-refractivity contribution in [3.63, 3.8) is 0 Å². The van der Waals surface area contributed by atoms with E-state index in [-0.39, 0.29) is 0 Å². The Morgan fingerprint density at radius 2 is 0.824 bits per heavy atom. The minimum atomic E-state index is 0.303. The fourth-order valence-electron chi connectivity index (χ4n) is 3.19. The van der Waals surface area contributed by atoms with E-state index < -0.39 is 0 Å². The van der Waals surface area contributed by atoms with Crippen LogP contribution in [0, 0.1) is 10.4 Å². The number of aliphatic imine (C=N–C) groups is 4. The summed E-state index contributed by atoms with van der Waals surface area (Å²) in [6.45, 7) is 8.29. The predicted molar refractivity (Wildman–Crippen MR) is 140 cm³/mol. The first kappa shape index (κ1) is 28.6. The van der Waals surface area contributed by atoms with E-state index in [1.807, 2.05) is 0 Å². The van der Waals surface area contributed by atoms with Crippen molar-refractivity contribution < 1.29 is 10.4 Å². The fraction of sp³-hybridized carbons (Fsp3) is 0.636. The van der Waals surface area contributed by atoms with Crippen molar-refractivity contribution in [1.82, 2.24) is 0 Å². The van der Waals surface area contributed by atoms with Gasteiger partial charge in [-0.3, -0.25) is 20.0 Å². The van der Waals surface area contributed by atoms with E-state index in [1.165, 1.54) is 0 Å². The Kier molecular flexibility index (Phi) is 13.6. The van der Waals surface area contributed by atoms with Crippen molar-refractivity contribution in [2.24, 2.45) is 40.6 Å². The van der Waals surface area contributed by atoms with Crippen molar-refractivity contribution in [3.8, 4) is 0 Å². The number of nitrogens with zero attached hydrogens (tertiary/aromatic N) is 8. The zero-order valence-corrected chi connectivity index (χ0v) is 20.4. The molecular weight excluding hydrogens is 440 g/mol. The second kappa shape index (κ2) is 16.2. The van der Waals surface area contributed by atoms with E-state index in [1.54, 1.807) is 27.7 Å². The van der Waals surface area contributed by atoms with Gasteiger partial charge in [0.1, 0.15) is 0 Å². The molecule has 188 valence electrons. The Morgan fingerprint density at radius 3 is 1.06 bits per heavy atom. The highest BCUT2D eigenvalue weighted by atomic mass is 16.4. The van der Waals surface area contributed by atoms with Crippen LogP contribution in [-0.2, 0) is 0 Å². The summed E-state index contributed by atoms with van der Waals surface area (Å²) in [5.41, 5.74) is 3.78. The molecule has 12 heteroatoms. The van der Waals surface area contributed by atoms with Crippen LogP contribution >= 0.6 is 0 Å². The van der Waals surface area contributed by atoms with Gasteiger partial charge in [0, 0.05) is 37.6 Å². The highest BCUT2D eigenvalue weighted by Crippen LogP contribution is 2.06. The van der Waals surface area contributed by atoms with Crippen molar-refractivity contribution in [2.75, 3.05) is 26.2 Å². The smallest absolute Gasteiger partial charge is 0.0974 e. The quantitative estimate of drug-likeness (QED) is 0.357. The zero-order chi connectivity index (χ0) is 25.3. The van der Waals surface area contributed by atoms with E-state index in [9.17, 15) is 20.8 Å². The maximum absolute atomic E-state index is 11.1. The van der Waals surface area contributed by atoms with E-state index in [0.717, 1.165) is 0 Å². The Balaban J connectivity index is 3.24. The molecule has 0 saturated heterocycles. The first-order valence-corrected chi connectivity index (χ1v) is 11.2. The van der Waals surface area contributed by atoms with Gasteiger partial charge in [-0.15, -0.1) is 0 Å². The van der Waals surface area contributed by atoms with Crippen LogP contribution in [0.3, 0.4) is 0 Å². The molecule has 12 nitrogen and oxygen atoms in total. The monoisotopic (exact) mass is 474 g/mol. The van der Waals surface area contributed by atoms with E-state index >= 15 is 0 Å². The van der Waals surface area contributed by atoms with Crippen molar-refractivity contribution in [1.29, 1.82) is 0 Å². The number of hydrogen-bond donors (Lipinski definition) is 2. The van der Waals surface area contributed by atoms with E-state index in [2.05, 4.69) is 40.6 Å². The predicted octanol–water partition coefficient (Wildman–Crippen LogP) is 3.72. The molecule has 0 bridgehead atoms. The highest BCUT2D eigenvalue weighted by molar-refractivity contribution is 6.45. The van der Waals surface area contributed by atoms with Crippen molar-refractivity contribution in [2.45, 2.75) is 66.2 Å².